The topological polar surface area (TPSA) is 56.8 Å². The van der Waals surface area contributed by atoms with Crippen LogP contribution in [0.2, 0.25) is 10.0 Å². The Bertz CT molecular complexity index is 660. The molecule has 0 bridgehead atoms. The second-order valence-electron chi connectivity index (χ2n) is 4.21. The van der Waals surface area contributed by atoms with E-state index in [0.29, 0.717) is 28.2 Å². The third kappa shape index (κ3) is 4.03. The summed E-state index contributed by atoms with van der Waals surface area (Å²) in [6.45, 7) is 0.316. The molecule has 0 saturated carbocycles. The molecule has 2 rings (SSSR count). The van der Waals surface area contributed by atoms with Gasteiger partial charge >= 0.3 is 0 Å². The van der Waals surface area contributed by atoms with Crippen molar-refractivity contribution in [2.24, 2.45) is 10.9 Å². The van der Waals surface area contributed by atoms with Gasteiger partial charge in [0.05, 0.1) is 13.3 Å². The third-order valence-electron chi connectivity index (χ3n) is 2.81. The first kappa shape index (κ1) is 15.5. The number of hydrazone groups is 1. The Kier molecular flexibility index (Phi) is 5.31. The molecule has 2 N–H and O–H groups in total. The molecule has 21 heavy (non-hydrogen) atoms. The fraction of sp³-hybridized carbons (Fsp3) is 0.133. The van der Waals surface area contributed by atoms with E-state index in [2.05, 4.69) is 5.10 Å². The lowest BCUT2D eigenvalue weighted by Crippen LogP contribution is -1.99. The second-order valence-corrected chi connectivity index (χ2v) is 5.06. The average molecular weight is 325 g/mol. The van der Waals surface area contributed by atoms with Crippen LogP contribution in [0, 0.1) is 0 Å². The molecule has 0 saturated heterocycles. The van der Waals surface area contributed by atoms with Crippen molar-refractivity contribution < 1.29 is 9.47 Å². The summed E-state index contributed by atoms with van der Waals surface area (Å²) in [6.07, 6.45) is 1.53. The highest BCUT2D eigenvalue weighted by atomic mass is 35.5. The lowest BCUT2D eigenvalue weighted by atomic mass is 10.2. The van der Waals surface area contributed by atoms with E-state index < -0.39 is 0 Å². The van der Waals surface area contributed by atoms with Crippen LogP contribution >= 0.6 is 23.2 Å². The van der Waals surface area contributed by atoms with Gasteiger partial charge in [0.25, 0.3) is 0 Å². The van der Waals surface area contributed by atoms with Gasteiger partial charge in [0.1, 0.15) is 6.61 Å². The molecule has 0 atom stereocenters. The fourth-order valence-corrected chi connectivity index (χ4v) is 2.23. The Morgan fingerprint density at radius 1 is 1.14 bits per heavy atom. The molecule has 0 spiro atoms. The Morgan fingerprint density at radius 2 is 1.95 bits per heavy atom. The highest BCUT2D eigenvalue weighted by molar-refractivity contribution is 6.35. The van der Waals surface area contributed by atoms with E-state index in [4.69, 9.17) is 38.5 Å². The van der Waals surface area contributed by atoms with E-state index in [-0.39, 0.29) is 0 Å². The summed E-state index contributed by atoms with van der Waals surface area (Å²) in [5, 5.41) is 4.63. The molecule has 0 aliphatic carbocycles. The maximum atomic E-state index is 6.11. The minimum atomic E-state index is 0.316. The van der Waals surface area contributed by atoms with Crippen molar-refractivity contribution in [3.05, 3.63) is 57.6 Å². The van der Waals surface area contributed by atoms with Gasteiger partial charge in [-0.3, -0.25) is 0 Å². The molecule has 0 aromatic heterocycles. The summed E-state index contributed by atoms with van der Waals surface area (Å²) >= 11 is 12.0. The maximum Gasteiger partial charge on any atom is 0.161 e. The van der Waals surface area contributed by atoms with Crippen LogP contribution < -0.4 is 15.3 Å². The first-order valence-corrected chi connectivity index (χ1v) is 6.87. The molecular formula is C15H14Cl2N2O2. The quantitative estimate of drug-likeness (QED) is 0.516. The molecule has 0 aliphatic heterocycles. The van der Waals surface area contributed by atoms with E-state index in [1.165, 1.54) is 6.21 Å². The molecule has 0 radical (unpaired) electrons. The molecule has 0 amide bonds. The van der Waals surface area contributed by atoms with Crippen molar-refractivity contribution in [2.45, 2.75) is 6.61 Å². The van der Waals surface area contributed by atoms with Crippen molar-refractivity contribution >= 4 is 29.4 Å². The number of methoxy groups -OCH3 is 1. The number of halogens is 2. The predicted molar refractivity (Wildman–Crippen MR) is 85.6 cm³/mol. The lowest BCUT2D eigenvalue weighted by molar-refractivity contribution is 0.284. The van der Waals surface area contributed by atoms with Gasteiger partial charge in [-0.15, -0.1) is 0 Å². The highest BCUT2D eigenvalue weighted by Crippen LogP contribution is 2.29. The minimum absolute atomic E-state index is 0.316. The van der Waals surface area contributed by atoms with Gasteiger partial charge in [-0.1, -0.05) is 29.3 Å². The van der Waals surface area contributed by atoms with Gasteiger partial charge in [-0.25, -0.2) is 0 Å². The third-order valence-corrected chi connectivity index (χ3v) is 3.40. The number of nitrogens with two attached hydrogens (primary N) is 1. The van der Waals surface area contributed by atoms with E-state index >= 15 is 0 Å². The Morgan fingerprint density at radius 3 is 2.62 bits per heavy atom. The summed E-state index contributed by atoms with van der Waals surface area (Å²) in [4.78, 5) is 0. The van der Waals surface area contributed by atoms with E-state index in [0.717, 1.165) is 11.1 Å². The van der Waals surface area contributed by atoms with Crippen molar-refractivity contribution in [3.63, 3.8) is 0 Å². The molecule has 0 heterocycles. The van der Waals surface area contributed by atoms with Crippen LogP contribution in [0.4, 0.5) is 0 Å². The van der Waals surface area contributed by atoms with Crippen LogP contribution in [0.25, 0.3) is 0 Å². The number of hydrogen-bond donors (Lipinski definition) is 1. The number of hydrogen-bond acceptors (Lipinski definition) is 4. The van der Waals surface area contributed by atoms with Crippen molar-refractivity contribution in [1.29, 1.82) is 0 Å². The molecule has 4 nitrogen and oxygen atoms in total. The van der Waals surface area contributed by atoms with Crippen molar-refractivity contribution in [3.8, 4) is 11.5 Å². The molecule has 6 heteroatoms. The van der Waals surface area contributed by atoms with Gasteiger partial charge in [0.2, 0.25) is 0 Å². The standard InChI is InChI=1S/C15H14Cl2N2O2/c1-20-15-6-10(8-19-18)2-5-14(15)21-9-11-3-4-12(16)7-13(11)17/h2-8H,9,18H2,1H3. The summed E-state index contributed by atoms with van der Waals surface area (Å²) in [5.74, 6) is 6.33. The van der Waals surface area contributed by atoms with Crippen LogP contribution in [0.3, 0.4) is 0 Å². The summed E-state index contributed by atoms with van der Waals surface area (Å²) < 4.78 is 11.0. The molecule has 2 aromatic carbocycles. The Labute approximate surface area is 133 Å². The zero-order valence-electron chi connectivity index (χ0n) is 11.3. The fourth-order valence-electron chi connectivity index (χ4n) is 1.76. The van der Waals surface area contributed by atoms with Crippen molar-refractivity contribution in [2.75, 3.05) is 7.11 Å². The van der Waals surface area contributed by atoms with Crippen LogP contribution in [0.15, 0.2) is 41.5 Å². The zero-order valence-corrected chi connectivity index (χ0v) is 12.9. The number of rotatable bonds is 5. The largest absolute Gasteiger partial charge is 0.493 e. The Balaban J connectivity index is 2.15. The second kappa shape index (κ2) is 7.20. The van der Waals surface area contributed by atoms with Gasteiger partial charge in [-0.2, -0.15) is 5.10 Å². The lowest BCUT2D eigenvalue weighted by Gasteiger charge is -2.12. The molecule has 2 aromatic rings. The van der Waals surface area contributed by atoms with Crippen molar-refractivity contribution in [1.82, 2.24) is 0 Å². The van der Waals surface area contributed by atoms with Gasteiger partial charge in [0.15, 0.2) is 11.5 Å². The van der Waals surface area contributed by atoms with E-state index in [9.17, 15) is 0 Å². The predicted octanol–water partition coefficient (Wildman–Crippen LogP) is 3.87. The minimum Gasteiger partial charge on any atom is -0.493 e. The zero-order chi connectivity index (χ0) is 15.2. The van der Waals surface area contributed by atoms with Gasteiger partial charge < -0.3 is 15.3 Å². The van der Waals surface area contributed by atoms with Gasteiger partial charge in [-0.05, 0) is 35.9 Å². The molecule has 0 unspecified atom stereocenters. The van der Waals surface area contributed by atoms with E-state index in [1.807, 2.05) is 12.1 Å². The normalized spacial score (nSPS) is 10.8. The molecule has 0 aliphatic rings. The number of benzene rings is 2. The number of nitrogens with zero attached hydrogens (tertiary/aromatic N) is 1. The van der Waals surface area contributed by atoms with Crippen LogP contribution in [-0.2, 0) is 6.61 Å². The first-order valence-electron chi connectivity index (χ1n) is 6.12. The monoisotopic (exact) mass is 324 g/mol. The van der Waals surface area contributed by atoms with E-state index in [1.54, 1.807) is 31.4 Å². The average Bonchev–Trinajstić information content (AvgIpc) is 2.47. The summed E-state index contributed by atoms with van der Waals surface area (Å²) in [6, 6.07) is 10.7. The molecular weight excluding hydrogens is 311 g/mol. The van der Waals surface area contributed by atoms with Crippen LogP contribution in [0.1, 0.15) is 11.1 Å². The maximum absolute atomic E-state index is 6.11. The van der Waals surface area contributed by atoms with Crippen LogP contribution in [-0.4, -0.2) is 13.3 Å². The molecule has 110 valence electrons. The summed E-state index contributed by atoms with van der Waals surface area (Å²) in [7, 11) is 1.57. The molecule has 0 fully saturated rings. The highest BCUT2D eigenvalue weighted by Gasteiger charge is 2.07. The van der Waals surface area contributed by atoms with Crippen LogP contribution in [0.5, 0.6) is 11.5 Å². The Hall–Kier alpha value is -1.91. The number of ether oxygens (including phenoxy) is 2. The van der Waals surface area contributed by atoms with Gasteiger partial charge in [0, 0.05) is 15.6 Å². The SMILES string of the molecule is COc1cc(C=NN)ccc1OCc1ccc(Cl)cc1Cl. The first-order chi connectivity index (χ1) is 10.1. The summed E-state index contributed by atoms with van der Waals surface area (Å²) in [5.41, 5.74) is 1.67. The smallest absolute Gasteiger partial charge is 0.161 e.